The quantitative estimate of drug-likeness (QED) is 0.350. The van der Waals surface area contributed by atoms with Gasteiger partial charge in [0.15, 0.2) is 0 Å². The maximum Gasteiger partial charge on any atom is 0.0991 e. The SMILES string of the molecule is N#Cc1ccc2c(c1)CCCC2Nc1ccc(N)c(C(=N)c2ccc(Br)cc2)c1. The number of nitriles is 1. The van der Waals surface area contributed by atoms with Gasteiger partial charge in [0.2, 0.25) is 0 Å². The second-order valence-corrected chi connectivity index (χ2v) is 8.21. The van der Waals surface area contributed by atoms with Gasteiger partial charge in [0.05, 0.1) is 23.4 Å². The van der Waals surface area contributed by atoms with Crippen LogP contribution in [0.25, 0.3) is 0 Å². The summed E-state index contributed by atoms with van der Waals surface area (Å²) in [6, 6.07) is 21.8. The van der Waals surface area contributed by atoms with E-state index in [1.807, 2.05) is 54.6 Å². The molecule has 3 aromatic rings. The molecule has 1 aliphatic rings. The molecule has 0 amide bonds. The fraction of sp³-hybridized carbons (Fsp3) is 0.167. The molecule has 0 saturated carbocycles. The summed E-state index contributed by atoms with van der Waals surface area (Å²) in [4.78, 5) is 0. The third-order valence-corrected chi connectivity index (χ3v) is 5.91. The molecule has 1 unspecified atom stereocenters. The molecule has 4 rings (SSSR count). The van der Waals surface area contributed by atoms with Gasteiger partial charge in [-0.25, -0.2) is 0 Å². The molecule has 0 aliphatic heterocycles. The van der Waals surface area contributed by atoms with Crippen LogP contribution in [0.4, 0.5) is 11.4 Å². The van der Waals surface area contributed by atoms with Crippen LogP contribution < -0.4 is 11.1 Å². The van der Waals surface area contributed by atoms with E-state index in [2.05, 4.69) is 33.4 Å². The lowest BCUT2D eigenvalue weighted by Gasteiger charge is -2.27. The summed E-state index contributed by atoms with van der Waals surface area (Å²) in [7, 11) is 0. The van der Waals surface area contributed by atoms with E-state index in [9.17, 15) is 0 Å². The Kier molecular flexibility index (Phi) is 5.37. The molecule has 5 heteroatoms. The number of nitrogens with zero attached hydrogens (tertiary/aromatic N) is 1. The second kappa shape index (κ2) is 8.10. The lowest BCUT2D eigenvalue weighted by molar-refractivity contribution is 0.600. The van der Waals surface area contributed by atoms with Crippen molar-refractivity contribution in [2.24, 2.45) is 0 Å². The minimum Gasteiger partial charge on any atom is -0.398 e. The first-order valence-corrected chi connectivity index (χ1v) is 10.4. The van der Waals surface area contributed by atoms with Crippen LogP contribution in [0, 0.1) is 16.7 Å². The van der Waals surface area contributed by atoms with E-state index in [0.717, 1.165) is 35.0 Å². The van der Waals surface area contributed by atoms with Crippen molar-refractivity contribution in [1.29, 1.82) is 10.7 Å². The van der Waals surface area contributed by atoms with Gasteiger partial charge in [0.25, 0.3) is 0 Å². The first-order valence-electron chi connectivity index (χ1n) is 9.59. The zero-order valence-electron chi connectivity index (χ0n) is 15.9. The Balaban J connectivity index is 1.61. The number of hydrogen-bond donors (Lipinski definition) is 3. The van der Waals surface area contributed by atoms with Crippen LogP contribution in [0.15, 0.2) is 65.1 Å². The van der Waals surface area contributed by atoms with Crippen LogP contribution in [0.2, 0.25) is 0 Å². The lowest BCUT2D eigenvalue weighted by Crippen LogP contribution is -2.18. The molecule has 0 bridgehead atoms. The number of fused-ring (bicyclic) bond motifs is 1. The summed E-state index contributed by atoms with van der Waals surface area (Å²) >= 11 is 3.43. The molecule has 0 saturated heterocycles. The van der Waals surface area contributed by atoms with Gasteiger partial charge in [0.1, 0.15) is 0 Å². The topological polar surface area (TPSA) is 85.7 Å². The summed E-state index contributed by atoms with van der Waals surface area (Å²) in [5.41, 5.74) is 12.9. The molecule has 0 fully saturated rings. The van der Waals surface area contributed by atoms with Gasteiger partial charge in [-0.2, -0.15) is 5.26 Å². The van der Waals surface area contributed by atoms with Crippen LogP contribution in [0.5, 0.6) is 0 Å². The maximum atomic E-state index is 9.16. The Labute approximate surface area is 179 Å². The average Bonchev–Trinajstić information content (AvgIpc) is 2.75. The average molecular weight is 445 g/mol. The molecule has 3 aromatic carbocycles. The van der Waals surface area contributed by atoms with Gasteiger partial charge in [0, 0.05) is 27.0 Å². The zero-order chi connectivity index (χ0) is 20.4. The number of nitrogens with one attached hydrogen (secondary N) is 2. The molecule has 0 radical (unpaired) electrons. The summed E-state index contributed by atoms with van der Waals surface area (Å²) in [5, 5.41) is 21.4. The number of benzene rings is 3. The first-order chi connectivity index (χ1) is 14.0. The number of anilines is 2. The molecule has 29 heavy (non-hydrogen) atoms. The number of nitrogen functional groups attached to an aromatic ring is 1. The Morgan fingerprint density at radius 2 is 1.90 bits per heavy atom. The largest absolute Gasteiger partial charge is 0.398 e. The number of nitrogens with two attached hydrogens (primary N) is 1. The Hall–Kier alpha value is -3.10. The molecule has 1 aliphatic carbocycles. The van der Waals surface area contributed by atoms with Gasteiger partial charge in [-0.3, -0.25) is 5.41 Å². The highest BCUT2D eigenvalue weighted by atomic mass is 79.9. The second-order valence-electron chi connectivity index (χ2n) is 7.30. The smallest absolute Gasteiger partial charge is 0.0991 e. The molecule has 0 spiro atoms. The van der Waals surface area contributed by atoms with E-state index in [4.69, 9.17) is 16.4 Å². The van der Waals surface area contributed by atoms with Crippen LogP contribution >= 0.6 is 15.9 Å². The fourth-order valence-corrected chi connectivity index (χ4v) is 4.13. The fourth-order valence-electron chi connectivity index (χ4n) is 3.87. The third kappa shape index (κ3) is 4.03. The van der Waals surface area contributed by atoms with Crippen molar-refractivity contribution in [2.75, 3.05) is 11.1 Å². The van der Waals surface area contributed by atoms with Crippen molar-refractivity contribution in [3.63, 3.8) is 0 Å². The lowest BCUT2D eigenvalue weighted by atomic mass is 9.86. The van der Waals surface area contributed by atoms with Crippen molar-refractivity contribution >= 4 is 33.0 Å². The van der Waals surface area contributed by atoms with Crippen LogP contribution in [0.1, 0.15) is 46.7 Å². The molecule has 0 aromatic heterocycles. The maximum absolute atomic E-state index is 9.16. The molecule has 1 atom stereocenters. The minimum atomic E-state index is 0.185. The van der Waals surface area contributed by atoms with Crippen molar-refractivity contribution in [3.05, 3.63) is 93.0 Å². The van der Waals surface area contributed by atoms with E-state index in [-0.39, 0.29) is 6.04 Å². The predicted octanol–water partition coefficient (Wildman–Crippen LogP) is 5.81. The van der Waals surface area contributed by atoms with E-state index in [1.54, 1.807) is 0 Å². The number of halogens is 1. The highest BCUT2D eigenvalue weighted by molar-refractivity contribution is 9.10. The molecular weight excluding hydrogens is 424 g/mol. The first kappa shape index (κ1) is 19.2. The summed E-state index contributed by atoms with van der Waals surface area (Å²) in [5.74, 6) is 0. The Morgan fingerprint density at radius 1 is 1.10 bits per heavy atom. The summed E-state index contributed by atoms with van der Waals surface area (Å²) < 4.78 is 0.980. The molecular formula is C24H21BrN4. The van der Waals surface area contributed by atoms with Gasteiger partial charge in [-0.05, 0) is 72.9 Å². The summed E-state index contributed by atoms with van der Waals surface area (Å²) in [6.45, 7) is 0. The highest BCUT2D eigenvalue weighted by Crippen LogP contribution is 2.34. The van der Waals surface area contributed by atoms with Crippen molar-refractivity contribution in [2.45, 2.75) is 25.3 Å². The molecule has 0 heterocycles. The Bertz CT molecular complexity index is 1110. The molecule has 4 nitrogen and oxygen atoms in total. The van der Waals surface area contributed by atoms with Gasteiger partial charge in [-0.1, -0.05) is 34.1 Å². The van der Waals surface area contributed by atoms with E-state index in [0.29, 0.717) is 22.5 Å². The van der Waals surface area contributed by atoms with E-state index < -0.39 is 0 Å². The molecule has 4 N–H and O–H groups in total. The summed E-state index contributed by atoms with van der Waals surface area (Å²) in [6.07, 6.45) is 3.11. The zero-order valence-corrected chi connectivity index (χ0v) is 17.5. The van der Waals surface area contributed by atoms with E-state index >= 15 is 0 Å². The van der Waals surface area contributed by atoms with Crippen molar-refractivity contribution in [1.82, 2.24) is 0 Å². The van der Waals surface area contributed by atoms with Gasteiger partial charge < -0.3 is 11.1 Å². The monoisotopic (exact) mass is 444 g/mol. The van der Waals surface area contributed by atoms with Gasteiger partial charge >= 0.3 is 0 Å². The van der Waals surface area contributed by atoms with Crippen LogP contribution in [0.3, 0.4) is 0 Å². The Morgan fingerprint density at radius 3 is 2.66 bits per heavy atom. The number of aryl methyl sites for hydroxylation is 1. The standard InChI is InChI=1S/C24H21BrN4/c25-18-7-5-16(6-8-18)24(28)21-13-19(9-11-22(21)27)29-23-3-1-2-17-12-15(14-26)4-10-20(17)23/h4-13,23,28-29H,1-3,27H2. The van der Waals surface area contributed by atoms with Crippen LogP contribution in [-0.2, 0) is 6.42 Å². The van der Waals surface area contributed by atoms with Crippen molar-refractivity contribution < 1.29 is 0 Å². The van der Waals surface area contributed by atoms with E-state index in [1.165, 1.54) is 11.1 Å². The number of hydrogen-bond acceptors (Lipinski definition) is 4. The normalized spacial score (nSPS) is 15.2. The van der Waals surface area contributed by atoms with Crippen molar-refractivity contribution in [3.8, 4) is 6.07 Å². The molecule has 144 valence electrons. The van der Waals surface area contributed by atoms with Gasteiger partial charge in [-0.15, -0.1) is 0 Å². The van der Waals surface area contributed by atoms with Crippen LogP contribution in [-0.4, -0.2) is 5.71 Å². The highest BCUT2D eigenvalue weighted by Gasteiger charge is 2.21. The number of rotatable bonds is 4. The third-order valence-electron chi connectivity index (χ3n) is 5.38. The minimum absolute atomic E-state index is 0.185. The predicted molar refractivity (Wildman–Crippen MR) is 121 cm³/mol.